The van der Waals surface area contributed by atoms with Crippen LogP contribution in [-0.4, -0.2) is 24.5 Å². The lowest BCUT2D eigenvalue weighted by Crippen LogP contribution is -2.34. The number of benzene rings is 2. The first-order valence-electron chi connectivity index (χ1n) is 10.0. The van der Waals surface area contributed by atoms with E-state index in [1.807, 2.05) is 0 Å². The summed E-state index contributed by atoms with van der Waals surface area (Å²) in [6.45, 7) is 2.95. The highest BCUT2D eigenvalue weighted by molar-refractivity contribution is 5.78. The SMILES string of the molecule is COC(=O)C12CCC(CN(Cc3ccccc3)Cc3ccccc3)(CC1)C2. The van der Waals surface area contributed by atoms with Crippen molar-refractivity contribution in [3.8, 4) is 0 Å². The molecule has 0 aromatic heterocycles. The van der Waals surface area contributed by atoms with Crippen LogP contribution < -0.4 is 0 Å². The van der Waals surface area contributed by atoms with E-state index in [9.17, 15) is 4.79 Å². The monoisotopic (exact) mass is 363 g/mol. The van der Waals surface area contributed by atoms with Crippen LogP contribution in [0.15, 0.2) is 60.7 Å². The molecule has 27 heavy (non-hydrogen) atoms. The molecule has 142 valence electrons. The van der Waals surface area contributed by atoms with Gasteiger partial charge in [0.1, 0.15) is 0 Å². The molecule has 2 aliphatic carbocycles. The quantitative estimate of drug-likeness (QED) is 0.661. The van der Waals surface area contributed by atoms with E-state index in [1.54, 1.807) is 0 Å². The van der Waals surface area contributed by atoms with Gasteiger partial charge in [-0.05, 0) is 48.6 Å². The number of hydrogen-bond acceptors (Lipinski definition) is 3. The molecule has 2 aliphatic rings. The summed E-state index contributed by atoms with van der Waals surface area (Å²) in [6, 6.07) is 21.4. The van der Waals surface area contributed by atoms with Crippen molar-refractivity contribution >= 4 is 5.97 Å². The van der Waals surface area contributed by atoms with Gasteiger partial charge in [0.15, 0.2) is 0 Å². The predicted octanol–water partition coefficient (Wildman–Crippen LogP) is 4.81. The van der Waals surface area contributed by atoms with Gasteiger partial charge in [-0.3, -0.25) is 9.69 Å². The maximum atomic E-state index is 12.4. The van der Waals surface area contributed by atoms with Crippen LogP contribution in [-0.2, 0) is 22.6 Å². The first kappa shape index (κ1) is 18.2. The van der Waals surface area contributed by atoms with Crippen LogP contribution in [0, 0.1) is 10.8 Å². The molecule has 4 rings (SSSR count). The maximum absolute atomic E-state index is 12.4. The van der Waals surface area contributed by atoms with Crippen LogP contribution in [0.3, 0.4) is 0 Å². The summed E-state index contributed by atoms with van der Waals surface area (Å²) in [5, 5.41) is 0. The van der Waals surface area contributed by atoms with E-state index in [4.69, 9.17) is 4.74 Å². The zero-order valence-corrected chi connectivity index (χ0v) is 16.2. The molecule has 0 heterocycles. The van der Waals surface area contributed by atoms with Crippen molar-refractivity contribution in [1.82, 2.24) is 4.90 Å². The Morgan fingerprint density at radius 2 is 1.41 bits per heavy atom. The molecule has 0 saturated heterocycles. The Morgan fingerprint density at radius 3 is 1.89 bits per heavy atom. The van der Waals surface area contributed by atoms with Gasteiger partial charge in [-0.1, -0.05) is 60.7 Å². The van der Waals surface area contributed by atoms with Gasteiger partial charge in [-0.2, -0.15) is 0 Å². The first-order chi connectivity index (χ1) is 13.1. The Hall–Kier alpha value is -2.13. The summed E-state index contributed by atoms with van der Waals surface area (Å²) >= 11 is 0. The van der Waals surface area contributed by atoms with Gasteiger partial charge in [-0.25, -0.2) is 0 Å². The van der Waals surface area contributed by atoms with Crippen molar-refractivity contribution in [2.24, 2.45) is 10.8 Å². The molecule has 2 aromatic carbocycles. The Balaban J connectivity index is 1.52. The number of nitrogens with zero attached hydrogens (tertiary/aromatic N) is 1. The van der Waals surface area contributed by atoms with Gasteiger partial charge < -0.3 is 4.74 Å². The molecule has 0 N–H and O–H groups in total. The summed E-state index contributed by atoms with van der Waals surface area (Å²) in [7, 11) is 1.53. The van der Waals surface area contributed by atoms with Crippen LogP contribution in [0.4, 0.5) is 0 Å². The lowest BCUT2D eigenvalue weighted by Gasteiger charge is -2.34. The summed E-state index contributed by atoms with van der Waals surface area (Å²) < 4.78 is 5.14. The normalized spacial score (nSPS) is 26.4. The average molecular weight is 364 g/mol. The fraction of sp³-hybridized carbons (Fsp3) is 0.458. The fourth-order valence-electron chi connectivity index (χ4n) is 5.36. The third-order valence-corrected chi connectivity index (χ3v) is 6.66. The summed E-state index contributed by atoms with van der Waals surface area (Å²) in [4.78, 5) is 14.9. The highest BCUT2D eigenvalue weighted by Gasteiger charge is 2.58. The number of carbonyl (C=O) groups is 1. The molecule has 2 bridgehead atoms. The number of ether oxygens (including phenoxy) is 1. The van der Waals surface area contributed by atoms with Crippen LogP contribution in [0.25, 0.3) is 0 Å². The second kappa shape index (κ2) is 7.47. The van der Waals surface area contributed by atoms with Crippen LogP contribution in [0.1, 0.15) is 43.2 Å². The highest BCUT2D eigenvalue weighted by atomic mass is 16.5. The topological polar surface area (TPSA) is 29.5 Å². The number of methoxy groups -OCH3 is 1. The van der Waals surface area contributed by atoms with Crippen molar-refractivity contribution in [2.75, 3.05) is 13.7 Å². The second-order valence-electron chi connectivity index (χ2n) is 8.57. The second-order valence-corrected chi connectivity index (χ2v) is 8.57. The van der Waals surface area contributed by atoms with Crippen molar-refractivity contribution in [1.29, 1.82) is 0 Å². The minimum Gasteiger partial charge on any atom is -0.469 e. The molecule has 3 nitrogen and oxygen atoms in total. The van der Waals surface area contributed by atoms with E-state index in [2.05, 4.69) is 65.6 Å². The number of fused-ring (bicyclic) bond motifs is 2. The third kappa shape index (κ3) is 3.79. The van der Waals surface area contributed by atoms with Gasteiger partial charge in [0.2, 0.25) is 0 Å². The number of rotatable bonds is 7. The van der Waals surface area contributed by atoms with Crippen molar-refractivity contribution in [3.05, 3.63) is 71.8 Å². The van der Waals surface area contributed by atoms with Gasteiger partial charge in [0.05, 0.1) is 12.5 Å². The molecule has 2 aromatic rings. The van der Waals surface area contributed by atoms with E-state index in [0.717, 1.165) is 51.7 Å². The molecular weight excluding hydrogens is 334 g/mol. The molecule has 0 unspecified atom stereocenters. The van der Waals surface area contributed by atoms with Gasteiger partial charge in [0.25, 0.3) is 0 Å². The summed E-state index contributed by atoms with van der Waals surface area (Å²) in [5.74, 6) is 0.0135. The average Bonchev–Trinajstić information content (AvgIpc) is 3.26. The smallest absolute Gasteiger partial charge is 0.311 e. The van der Waals surface area contributed by atoms with E-state index >= 15 is 0 Å². The fourth-order valence-corrected chi connectivity index (χ4v) is 5.36. The standard InChI is InChI=1S/C24H29NO2/c1-27-22(26)24-14-12-23(18-24,13-15-24)19-25(16-20-8-4-2-5-9-20)17-21-10-6-3-7-11-21/h2-11H,12-19H2,1H3. The molecule has 2 saturated carbocycles. The van der Waals surface area contributed by atoms with E-state index in [0.29, 0.717) is 0 Å². The highest BCUT2D eigenvalue weighted by Crippen LogP contribution is 2.62. The van der Waals surface area contributed by atoms with Crippen LogP contribution in [0.2, 0.25) is 0 Å². The minimum atomic E-state index is -0.208. The molecule has 3 heteroatoms. The van der Waals surface area contributed by atoms with E-state index in [1.165, 1.54) is 18.2 Å². The minimum absolute atomic E-state index is 0.0135. The number of hydrogen-bond donors (Lipinski definition) is 0. The van der Waals surface area contributed by atoms with Gasteiger partial charge in [-0.15, -0.1) is 0 Å². The van der Waals surface area contributed by atoms with Gasteiger partial charge >= 0.3 is 5.97 Å². The Kier molecular flexibility index (Phi) is 5.05. The lowest BCUT2D eigenvalue weighted by atomic mass is 9.81. The number of carbonyl (C=O) groups excluding carboxylic acids is 1. The lowest BCUT2D eigenvalue weighted by molar-refractivity contribution is -0.152. The van der Waals surface area contributed by atoms with Crippen LogP contribution in [0.5, 0.6) is 0 Å². The van der Waals surface area contributed by atoms with Gasteiger partial charge in [0, 0.05) is 19.6 Å². The molecule has 0 amide bonds. The Morgan fingerprint density at radius 1 is 0.889 bits per heavy atom. The van der Waals surface area contributed by atoms with E-state index in [-0.39, 0.29) is 16.8 Å². The molecule has 0 aliphatic heterocycles. The molecule has 2 fully saturated rings. The van der Waals surface area contributed by atoms with E-state index < -0.39 is 0 Å². The van der Waals surface area contributed by atoms with Crippen molar-refractivity contribution in [2.45, 2.75) is 45.2 Å². The predicted molar refractivity (Wildman–Crippen MR) is 107 cm³/mol. The first-order valence-corrected chi connectivity index (χ1v) is 10.0. The zero-order chi connectivity index (χ0) is 18.7. The number of esters is 1. The van der Waals surface area contributed by atoms with Crippen LogP contribution >= 0.6 is 0 Å². The summed E-state index contributed by atoms with van der Waals surface area (Å²) in [5.41, 5.74) is 2.75. The zero-order valence-electron chi connectivity index (χ0n) is 16.2. The Bertz CT molecular complexity index is 722. The largest absolute Gasteiger partial charge is 0.469 e. The third-order valence-electron chi connectivity index (χ3n) is 6.66. The molecule has 0 radical (unpaired) electrons. The molecule has 0 atom stereocenters. The van der Waals surface area contributed by atoms with Crippen molar-refractivity contribution < 1.29 is 9.53 Å². The Labute approximate surface area is 162 Å². The molecule has 0 spiro atoms. The summed E-state index contributed by atoms with van der Waals surface area (Å²) in [6.07, 6.45) is 5.26. The molecular formula is C24H29NO2. The maximum Gasteiger partial charge on any atom is 0.311 e. The van der Waals surface area contributed by atoms with Crippen molar-refractivity contribution in [3.63, 3.8) is 0 Å².